The molecule has 0 bridgehead atoms. The van der Waals surface area contributed by atoms with Crippen LogP contribution in [-0.4, -0.2) is 9.55 Å². The molecule has 29 heavy (non-hydrogen) atoms. The van der Waals surface area contributed by atoms with Gasteiger partial charge in [-0.1, -0.05) is 105 Å². The van der Waals surface area contributed by atoms with E-state index in [1.54, 1.807) is 0 Å². The van der Waals surface area contributed by atoms with E-state index in [1.807, 2.05) is 6.20 Å². The van der Waals surface area contributed by atoms with Crippen molar-refractivity contribution in [3.05, 3.63) is 126 Å². The molecule has 2 nitrogen and oxygen atoms in total. The van der Waals surface area contributed by atoms with Crippen molar-refractivity contribution in [2.75, 3.05) is 0 Å². The van der Waals surface area contributed by atoms with Crippen molar-refractivity contribution in [2.45, 2.75) is 38.1 Å². The van der Waals surface area contributed by atoms with E-state index < -0.39 is 0 Å². The van der Waals surface area contributed by atoms with Gasteiger partial charge in [-0.2, -0.15) is 0 Å². The van der Waals surface area contributed by atoms with E-state index >= 15 is 0 Å². The van der Waals surface area contributed by atoms with Gasteiger partial charge in [0, 0.05) is 30.3 Å². The maximum Gasteiger partial charge on any atom is 0.112 e. The first kappa shape index (κ1) is 19.2. The largest absolute Gasteiger partial charge is 0.330 e. The molecule has 0 aliphatic heterocycles. The Balaban J connectivity index is 1.71. The summed E-state index contributed by atoms with van der Waals surface area (Å²) in [4.78, 5) is 4.81. The van der Waals surface area contributed by atoms with E-state index in [0.29, 0.717) is 0 Å². The SMILES string of the molecule is CC(c1nccn1Cc1ccccc1)C(C)(Cc1ccccc1)c1ccccc1. The lowest BCUT2D eigenvalue weighted by Gasteiger charge is -2.36. The number of rotatable bonds is 7. The van der Waals surface area contributed by atoms with Gasteiger partial charge in [-0.3, -0.25) is 0 Å². The molecule has 0 spiro atoms. The van der Waals surface area contributed by atoms with Crippen LogP contribution in [0.5, 0.6) is 0 Å². The van der Waals surface area contributed by atoms with Crippen LogP contribution in [-0.2, 0) is 18.4 Å². The summed E-state index contributed by atoms with van der Waals surface area (Å²) in [6.07, 6.45) is 5.01. The molecule has 146 valence electrons. The molecule has 2 unspecified atom stereocenters. The van der Waals surface area contributed by atoms with E-state index in [-0.39, 0.29) is 11.3 Å². The minimum Gasteiger partial charge on any atom is -0.330 e. The Kier molecular flexibility index (Phi) is 5.62. The Bertz CT molecular complexity index is 1020. The fourth-order valence-electron chi connectivity index (χ4n) is 4.24. The molecule has 1 aromatic heterocycles. The van der Waals surface area contributed by atoms with Crippen LogP contribution in [0.4, 0.5) is 0 Å². The Morgan fingerprint density at radius 1 is 0.793 bits per heavy atom. The number of hydrogen-bond donors (Lipinski definition) is 0. The molecule has 0 saturated heterocycles. The predicted molar refractivity (Wildman–Crippen MR) is 120 cm³/mol. The van der Waals surface area contributed by atoms with Gasteiger partial charge < -0.3 is 4.57 Å². The highest BCUT2D eigenvalue weighted by Crippen LogP contribution is 2.41. The minimum atomic E-state index is -0.0671. The van der Waals surface area contributed by atoms with Gasteiger partial charge >= 0.3 is 0 Å². The Morgan fingerprint density at radius 3 is 1.97 bits per heavy atom. The lowest BCUT2D eigenvalue weighted by atomic mass is 9.68. The first-order valence-corrected chi connectivity index (χ1v) is 10.3. The van der Waals surface area contributed by atoms with Gasteiger partial charge in [-0.05, 0) is 23.1 Å². The lowest BCUT2D eigenvalue weighted by molar-refractivity contribution is 0.371. The van der Waals surface area contributed by atoms with Gasteiger partial charge in [0.2, 0.25) is 0 Å². The predicted octanol–water partition coefficient (Wildman–Crippen LogP) is 6.24. The molecule has 3 aromatic carbocycles. The van der Waals surface area contributed by atoms with E-state index in [9.17, 15) is 0 Å². The van der Waals surface area contributed by atoms with Crippen LogP contribution in [0.3, 0.4) is 0 Å². The standard InChI is InChI=1S/C27H28N2/c1-22(26-28-18-19-29(26)21-24-14-8-4-9-15-24)27(2,25-16-10-5-11-17-25)20-23-12-6-3-7-13-23/h3-19,22H,20-21H2,1-2H3. The summed E-state index contributed by atoms with van der Waals surface area (Å²) in [7, 11) is 0. The van der Waals surface area contributed by atoms with Gasteiger partial charge in [0.05, 0.1) is 0 Å². The fourth-order valence-corrected chi connectivity index (χ4v) is 4.24. The molecular weight excluding hydrogens is 352 g/mol. The van der Waals surface area contributed by atoms with Crippen LogP contribution >= 0.6 is 0 Å². The minimum absolute atomic E-state index is 0.0671. The van der Waals surface area contributed by atoms with Gasteiger partial charge in [0.15, 0.2) is 0 Å². The third-order valence-corrected chi connectivity index (χ3v) is 6.13. The van der Waals surface area contributed by atoms with Crippen molar-refractivity contribution in [2.24, 2.45) is 0 Å². The smallest absolute Gasteiger partial charge is 0.112 e. The Hall–Kier alpha value is -3.13. The molecule has 4 rings (SSSR count). The van der Waals surface area contributed by atoms with Crippen molar-refractivity contribution in [1.29, 1.82) is 0 Å². The molecule has 0 radical (unpaired) electrons. The number of benzene rings is 3. The summed E-state index contributed by atoms with van der Waals surface area (Å²) in [6, 6.07) is 32.3. The molecule has 2 atom stereocenters. The average Bonchev–Trinajstić information content (AvgIpc) is 3.23. The van der Waals surface area contributed by atoms with Crippen LogP contribution in [0, 0.1) is 0 Å². The highest BCUT2D eigenvalue weighted by molar-refractivity contribution is 5.33. The number of nitrogens with zero attached hydrogens (tertiary/aromatic N) is 2. The van der Waals surface area contributed by atoms with Crippen molar-refractivity contribution < 1.29 is 0 Å². The van der Waals surface area contributed by atoms with Gasteiger partial charge in [0.25, 0.3) is 0 Å². The van der Waals surface area contributed by atoms with Gasteiger partial charge in [-0.25, -0.2) is 4.98 Å². The number of imidazole rings is 1. The maximum atomic E-state index is 4.81. The number of hydrogen-bond acceptors (Lipinski definition) is 1. The molecule has 2 heteroatoms. The zero-order valence-corrected chi connectivity index (χ0v) is 17.2. The maximum absolute atomic E-state index is 4.81. The summed E-state index contributed by atoms with van der Waals surface area (Å²) in [6.45, 7) is 5.54. The molecule has 0 amide bonds. The summed E-state index contributed by atoms with van der Waals surface area (Å²) < 4.78 is 2.30. The second-order valence-corrected chi connectivity index (χ2v) is 8.07. The first-order valence-electron chi connectivity index (χ1n) is 10.3. The van der Waals surface area contributed by atoms with Gasteiger partial charge in [-0.15, -0.1) is 0 Å². The van der Waals surface area contributed by atoms with Crippen LogP contribution in [0.15, 0.2) is 103 Å². The average molecular weight is 381 g/mol. The van der Waals surface area contributed by atoms with Crippen LogP contribution < -0.4 is 0 Å². The quantitative estimate of drug-likeness (QED) is 0.371. The Morgan fingerprint density at radius 2 is 1.34 bits per heavy atom. The summed E-state index contributed by atoms with van der Waals surface area (Å²) in [5.41, 5.74) is 3.93. The van der Waals surface area contributed by atoms with E-state index in [1.165, 1.54) is 16.7 Å². The molecule has 0 aliphatic rings. The normalized spacial score (nSPS) is 14.3. The second-order valence-electron chi connectivity index (χ2n) is 8.07. The van der Waals surface area contributed by atoms with Crippen molar-refractivity contribution >= 4 is 0 Å². The van der Waals surface area contributed by atoms with E-state index in [0.717, 1.165) is 18.8 Å². The second kappa shape index (κ2) is 8.48. The topological polar surface area (TPSA) is 17.8 Å². The zero-order chi connectivity index (χ0) is 20.1. The molecule has 4 aromatic rings. The molecule has 0 saturated carbocycles. The fraction of sp³-hybridized carbons (Fsp3) is 0.222. The van der Waals surface area contributed by atoms with Crippen LogP contribution in [0.2, 0.25) is 0 Å². The van der Waals surface area contributed by atoms with E-state index in [4.69, 9.17) is 4.98 Å². The zero-order valence-electron chi connectivity index (χ0n) is 17.2. The summed E-state index contributed by atoms with van der Waals surface area (Å²) in [5.74, 6) is 1.39. The molecule has 0 aliphatic carbocycles. The molecule has 0 fully saturated rings. The monoisotopic (exact) mass is 380 g/mol. The third kappa shape index (κ3) is 4.17. The summed E-state index contributed by atoms with van der Waals surface area (Å²) >= 11 is 0. The molecule has 0 N–H and O–H groups in total. The first-order chi connectivity index (χ1) is 14.2. The van der Waals surface area contributed by atoms with Crippen molar-refractivity contribution in [3.63, 3.8) is 0 Å². The van der Waals surface area contributed by atoms with Crippen molar-refractivity contribution in [3.8, 4) is 0 Å². The van der Waals surface area contributed by atoms with Crippen LogP contribution in [0.25, 0.3) is 0 Å². The third-order valence-electron chi connectivity index (χ3n) is 6.13. The molecule has 1 heterocycles. The van der Waals surface area contributed by atoms with Crippen molar-refractivity contribution in [1.82, 2.24) is 9.55 Å². The van der Waals surface area contributed by atoms with E-state index in [2.05, 4.69) is 116 Å². The highest BCUT2D eigenvalue weighted by Gasteiger charge is 2.36. The molecular formula is C27H28N2. The lowest BCUT2D eigenvalue weighted by Crippen LogP contribution is -2.33. The Labute approximate surface area is 173 Å². The van der Waals surface area contributed by atoms with Gasteiger partial charge in [0.1, 0.15) is 5.82 Å². The summed E-state index contributed by atoms with van der Waals surface area (Å²) in [5, 5.41) is 0. The number of aromatic nitrogens is 2. The highest BCUT2D eigenvalue weighted by atomic mass is 15.1. The van der Waals surface area contributed by atoms with Crippen LogP contribution in [0.1, 0.15) is 42.3 Å².